The van der Waals surface area contributed by atoms with Crippen molar-refractivity contribution in [1.82, 2.24) is 5.32 Å². The van der Waals surface area contributed by atoms with E-state index in [9.17, 15) is 15.3 Å². The van der Waals surface area contributed by atoms with Crippen LogP contribution in [-0.4, -0.2) is 63.8 Å². The molecule has 1 rings (SSSR count). The molecule has 6 nitrogen and oxygen atoms in total. The van der Waals surface area contributed by atoms with Crippen LogP contribution in [0.15, 0.2) is 4.99 Å². The van der Waals surface area contributed by atoms with Crippen LogP contribution in [0.4, 0.5) is 0 Å². The van der Waals surface area contributed by atoms with Gasteiger partial charge in [-0.05, 0) is 6.42 Å². The first-order chi connectivity index (χ1) is 7.11. The fourth-order valence-electron chi connectivity index (χ4n) is 1.47. The van der Waals surface area contributed by atoms with Crippen LogP contribution in [0, 0.1) is 0 Å². The third-order valence-electron chi connectivity index (χ3n) is 2.40. The van der Waals surface area contributed by atoms with Crippen molar-refractivity contribution in [2.45, 2.75) is 37.7 Å². The lowest BCUT2D eigenvalue weighted by Crippen LogP contribution is -2.63. The molecule has 5 N–H and O–H groups in total. The SMILES string of the molecule is CCCN=C1N[C@H](CO)[C@@H](O)[C@H](O)[C@@H]1O. The summed E-state index contributed by atoms with van der Waals surface area (Å²) in [7, 11) is 0. The number of nitrogens with one attached hydrogen (secondary N) is 1. The topological polar surface area (TPSA) is 105 Å². The van der Waals surface area contributed by atoms with Crippen molar-refractivity contribution in [2.24, 2.45) is 4.99 Å². The Morgan fingerprint density at radius 1 is 1.27 bits per heavy atom. The van der Waals surface area contributed by atoms with Gasteiger partial charge < -0.3 is 25.7 Å². The van der Waals surface area contributed by atoms with Crippen molar-refractivity contribution in [3.63, 3.8) is 0 Å². The van der Waals surface area contributed by atoms with E-state index in [0.717, 1.165) is 6.42 Å². The van der Waals surface area contributed by atoms with Crippen molar-refractivity contribution in [2.75, 3.05) is 13.2 Å². The van der Waals surface area contributed by atoms with Gasteiger partial charge >= 0.3 is 0 Å². The highest BCUT2D eigenvalue weighted by Crippen LogP contribution is 2.12. The Morgan fingerprint density at radius 2 is 1.93 bits per heavy atom. The highest BCUT2D eigenvalue weighted by Gasteiger charge is 2.39. The number of amidine groups is 1. The lowest BCUT2D eigenvalue weighted by Gasteiger charge is -2.36. The molecular formula is C9H18N2O4. The minimum absolute atomic E-state index is 0.230. The van der Waals surface area contributed by atoms with E-state index in [1.54, 1.807) is 0 Å². The minimum atomic E-state index is -1.31. The first-order valence-corrected chi connectivity index (χ1v) is 5.07. The Kier molecular flexibility index (Phi) is 4.46. The summed E-state index contributed by atoms with van der Waals surface area (Å²) in [6, 6.07) is -0.681. The second kappa shape index (κ2) is 5.41. The number of hydrogen-bond acceptors (Lipinski definition) is 5. The molecule has 0 radical (unpaired) electrons. The van der Waals surface area contributed by atoms with Crippen LogP contribution in [0.25, 0.3) is 0 Å². The first kappa shape index (κ1) is 12.4. The Labute approximate surface area is 88.3 Å². The zero-order chi connectivity index (χ0) is 11.4. The molecule has 0 aromatic carbocycles. The molecular weight excluding hydrogens is 200 g/mol. The van der Waals surface area contributed by atoms with Crippen molar-refractivity contribution >= 4 is 5.84 Å². The van der Waals surface area contributed by atoms with E-state index in [4.69, 9.17) is 5.11 Å². The van der Waals surface area contributed by atoms with Gasteiger partial charge in [0, 0.05) is 6.54 Å². The number of aliphatic hydroxyl groups is 4. The fourth-order valence-corrected chi connectivity index (χ4v) is 1.47. The average molecular weight is 218 g/mol. The number of aliphatic hydroxyl groups excluding tert-OH is 4. The molecule has 6 heteroatoms. The van der Waals surface area contributed by atoms with E-state index < -0.39 is 24.4 Å². The van der Waals surface area contributed by atoms with E-state index in [1.165, 1.54) is 0 Å². The van der Waals surface area contributed by atoms with Gasteiger partial charge in [0.25, 0.3) is 0 Å². The maximum absolute atomic E-state index is 9.56. The van der Waals surface area contributed by atoms with Gasteiger partial charge in [-0.15, -0.1) is 0 Å². The predicted octanol–water partition coefficient (Wildman–Crippen LogP) is -2.16. The Morgan fingerprint density at radius 3 is 2.47 bits per heavy atom. The second-order valence-electron chi connectivity index (χ2n) is 3.63. The molecule has 0 bridgehead atoms. The summed E-state index contributed by atoms with van der Waals surface area (Å²) >= 11 is 0. The van der Waals surface area contributed by atoms with Gasteiger partial charge in [0.1, 0.15) is 24.1 Å². The summed E-state index contributed by atoms with van der Waals surface area (Å²) in [5.74, 6) is 0.230. The molecule has 4 atom stereocenters. The molecule has 1 fully saturated rings. The molecule has 0 amide bonds. The smallest absolute Gasteiger partial charge is 0.139 e. The standard InChI is InChI=1S/C9H18N2O4/c1-2-3-10-9-8(15)7(14)6(13)5(4-12)11-9/h5-8,12-15H,2-4H2,1H3,(H,10,11)/t5-,6-,7+,8+/m1/s1. The summed E-state index contributed by atoms with van der Waals surface area (Å²) in [5.41, 5.74) is 0. The summed E-state index contributed by atoms with van der Waals surface area (Å²) in [6.07, 6.45) is -2.89. The normalized spacial score (nSPS) is 39.1. The van der Waals surface area contributed by atoms with E-state index >= 15 is 0 Å². The molecule has 1 aliphatic heterocycles. The number of rotatable bonds is 3. The van der Waals surface area contributed by atoms with Crippen LogP contribution in [0.2, 0.25) is 0 Å². The molecule has 0 aromatic rings. The molecule has 0 saturated carbocycles. The summed E-state index contributed by atoms with van der Waals surface area (Å²) < 4.78 is 0. The van der Waals surface area contributed by atoms with Gasteiger partial charge in [0.15, 0.2) is 0 Å². The fraction of sp³-hybridized carbons (Fsp3) is 0.889. The molecule has 15 heavy (non-hydrogen) atoms. The molecule has 0 aliphatic carbocycles. The predicted molar refractivity (Wildman–Crippen MR) is 54.6 cm³/mol. The third kappa shape index (κ3) is 2.66. The molecule has 1 aliphatic rings. The molecule has 0 spiro atoms. The van der Waals surface area contributed by atoms with E-state index in [2.05, 4.69) is 10.3 Å². The number of hydrogen-bond donors (Lipinski definition) is 5. The highest BCUT2D eigenvalue weighted by molar-refractivity contribution is 5.88. The third-order valence-corrected chi connectivity index (χ3v) is 2.40. The average Bonchev–Trinajstić information content (AvgIpc) is 2.25. The largest absolute Gasteiger partial charge is 0.394 e. The summed E-state index contributed by atoms with van der Waals surface area (Å²) in [6.45, 7) is 2.14. The van der Waals surface area contributed by atoms with Crippen LogP contribution in [0.3, 0.4) is 0 Å². The highest BCUT2D eigenvalue weighted by atomic mass is 16.4. The van der Waals surface area contributed by atoms with Crippen LogP contribution in [0.5, 0.6) is 0 Å². The van der Waals surface area contributed by atoms with E-state index in [-0.39, 0.29) is 12.4 Å². The van der Waals surface area contributed by atoms with E-state index in [1.807, 2.05) is 6.92 Å². The Bertz CT molecular complexity index is 232. The summed E-state index contributed by atoms with van der Waals surface area (Å²) in [4.78, 5) is 4.04. The number of aliphatic imine (C=N–C) groups is 1. The van der Waals surface area contributed by atoms with Crippen LogP contribution < -0.4 is 5.32 Å². The van der Waals surface area contributed by atoms with Crippen molar-refractivity contribution in [3.8, 4) is 0 Å². The lowest BCUT2D eigenvalue weighted by atomic mass is 9.95. The van der Waals surface area contributed by atoms with Crippen LogP contribution >= 0.6 is 0 Å². The number of nitrogens with zero attached hydrogens (tertiary/aromatic N) is 1. The quantitative estimate of drug-likeness (QED) is 0.371. The lowest BCUT2D eigenvalue weighted by molar-refractivity contribution is -0.0681. The van der Waals surface area contributed by atoms with E-state index in [0.29, 0.717) is 6.54 Å². The van der Waals surface area contributed by atoms with Gasteiger partial charge in [-0.3, -0.25) is 4.99 Å². The Hall–Kier alpha value is -0.690. The van der Waals surface area contributed by atoms with Crippen molar-refractivity contribution < 1.29 is 20.4 Å². The second-order valence-corrected chi connectivity index (χ2v) is 3.63. The molecule has 88 valence electrons. The zero-order valence-electron chi connectivity index (χ0n) is 8.67. The van der Waals surface area contributed by atoms with Crippen molar-refractivity contribution in [1.29, 1.82) is 0 Å². The first-order valence-electron chi connectivity index (χ1n) is 5.07. The van der Waals surface area contributed by atoms with Crippen LogP contribution in [0.1, 0.15) is 13.3 Å². The number of piperidine rings is 1. The molecule has 1 saturated heterocycles. The Balaban J connectivity index is 2.74. The monoisotopic (exact) mass is 218 g/mol. The van der Waals surface area contributed by atoms with Gasteiger partial charge in [-0.1, -0.05) is 6.92 Å². The minimum Gasteiger partial charge on any atom is -0.394 e. The maximum Gasteiger partial charge on any atom is 0.139 e. The molecule has 0 aromatic heterocycles. The van der Waals surface area contributed by atoms with Gasteiger partial charge in [0.05, 0.1) is 12.6 Å². The van der Waals surface area contributed by atoms with Crippen LogP contribution in [-0.2, 0) is 0 Å². The summed E-state index contributed by atoms with van der Waals surface area (Å²) in [5, 5.41) is 40.2. The van der Waals surface area contributed by atoms with Gasteiger partial charge in [-0.25, -0.2) is 0 Å². The van der Waals surface area contributed by atoms with Gasteiger partial charge in [0.2, 0.25) is 0 Å². The van der Waals surface area contributed by atoms with Crippen molar-refractivity contribution in [3.05, 3.63) is 0 Å². The molecule has 0 unspecified atom stereocenters. The maximum atomic E-state index is 9.56. The molecule has 1 heterocycles. The van der Waals surface area contributed by atoms with Gasteiger partial charge in [-0.2, -0.15) is 0 Å². The zero-order valence-corrected chi connectivity index (χ0v) is 8.67.